The zero-order valence-corrected chi connectivity index (χ0v) is 7.94. The van der Waals surface area contributed by atoms with Gasteiger partial charge in [0.1, 0.15) is 0 Å². The van der Waals surface area contributed by atoms with Gasteiger partial charge in [0.15, 0.2) is 5.82 Å². The molecule has 2 heterocycles. The smallest absolute Gasteiger partial charge is 0.264 e. The number of alkyl halides is 3. The molecule has 0 aromatic carbocycles. The second kappa shape index (κ2) is 3.88. The van der Waals surface area contributed by atoms with Crippen LogP contribution >= 0.6 is 0 Å². The highest BCUT2D eigenvalue weighted by Crippen LogP contribution is 2.28. The highest BCUT2D eigenvalue weighted by Gasteiger charge is 2.31. The number of nitrogens with zero attached hydrogens (tertiary/aromatic N) is 3. The molecule has 0 aliphatic carbocycles. The van der Waals surface area contributed by atoms with E-state index in [9.17, 15) is 13.2 Å². The summed E-state index contributed by atoms with van der Waals surface area (Å²) in [7, 11) is 0. The molecule has 0 saturated carbocycles. The Balaban J connectivity index is 2.34. The molecule has 0 bridgehead atoms. The van der Waals surface area contributed by atoms with Crippen molar-refractivity contribution in [3.63, 3.8) is 0 Å². The van der Waals surface area contributed by atoms with Gasteiger partial charge in [-0.1, -0.05) is 0 Å². The maximum absolute atomic E-state index is 12.2. The van der Waals surface area contributed by atoms with Gasteiger partial charge >= 0.3 is 6.18 Å². The SMILES string of the molecule is FC(F)(F)c1cnc(-c2cccnc2)nc1. The van der Waals surface area contributed by atoms with E-state index in [4.69, 9.17) is 0 Å². The van der Waals surface area contributed by atoms with Crippen LogP contribution in [0.3, 0.4) is 0 Å². The van der Waals surface area contributed by atoms with Gasteiger partial charge in [-0.25, -0.2) is 9.97 Å². The summed E-state index contributed by atoms with van der Waals surface area (Å²) in [6.07, 6.45) is 0.161. The first kappa shape index (κ1) is 10.5. The molecule has 0 amide bonds. The van der Waals surface area contributed by atoms with E-state index in [0.717, 1.165) is 12.4 Å². The summed E-state index contributed by atoms with van der Waals surface area (Å²) >= 11 is 0. The molecule has 16 heavy (non-hydrogen) atoms. The fourth-order valence-electron chi connectivity index (χ4n) is 1.12. The maximum atomic E-state index is 12.2. The predicted molar refractivity (Wildman–Crippen MR) is 50.3 cm³/mol. The molecule has 2 aromatic rings. The number of rotatable bonds is 1. The Bertz CT molecular complexity index is 465. The summed E-state index contributed by atoms with van der Waals surface area (Å²) in [6.45, 7) is 0. The van der Waals surface area contributed by atoms with Crippen LogP contribution in [-0.2, 0) is 6.18 Å². The van der Waals surface area contributed by atoms with Crippen LogP contribution in [0.4, 0.5) is 13.2 Å². The van der Waals surface area contributed by atoms with Crippen molar-refractivity contribution in [2.75, 3.05) is 0 Å². The minimum absolute atomic E-state index is 0.223. The average Bonchev–Trinajstić information content (AvgIpc) is 2.29. The Morgan fingerprint density at radius 1 is 1.00 bits per heavy atom. The lowest BCUT2D eigenvalue weighted by molar-refractivity contribution is -0.138. The van der Waals surface area contributed by atoms with E-state index in [1.54, 1.807) is 18.3 Å². The number of halogens is 3. The summed E-state index contributed by atoms with van der Waals surface area (Å²) < 4.78 is 36.7. The molecule has 0 N–H and O–H groups in total. The van der Waals surface area contributed by atoms with Gasteiger partial charge < -0.3 is 0 Å². The third kappa shape index (κ3) is 2.16. The quantitative estimate of drug-likeness (QED) is 0.748. The minimum atomic E-state index is -4.41. The predicted octanol–water partition coefficient (Wildman–Crippen LogP) is 2.56. The topological polar surface area (TPSA) is 38.7 Å². The molecule has 0 saturated heterocycles. The van der Waals surface area contributed by atoms with Crippen molar-refractivity contribution < 1.29 is 13.2 Å². The summed E-state index contributed by atoms with van der Waals surface area (Å²) in [6, 6.07) is 3.34. The van der Waals surface area contributed by atoms with Crippen LogP contribution in [0.25, 0.3) is 11.4 Å². The molecule has 0 fully saturated rings. The lowest BCUT2D eigenvalue weighted by Gasteiger charge is -2.05. The highest BCUT2D eigenvalue weighted by molar-refractivity contribution is 5.52. The maximum Gasteiger partial charge on any atom is 0.419 e. The highest BCUT2D eigenvalue weighted by atomic mass is 19.4. The molecule has 82 valence electrons. The zero-order chi connectivity index (χ0) is 11.6. The number of hydrogen-bond acceptors (Lipinski definition) is 3. The van der Waals surface area contributed by atoms with Gasteiger partial charge in [0, 0.05) is 30.4 Å². The van der Waals surface area contributed by atoms with Crippen molar-refractivity contribution in [3.05, 3.63) is 42.5 Å². The molecule has 0 atom stereocenters. The van der Waals surface area contributed by atoms with Crippen molar-refractivity contribution in [1.82, 2.24) is 15.0 Å². The van der Waals surface area contributed by atoms with Gasteiger partial charge in [-0.05, 0) is 12.1 Å². The van der Waals surface area contributed by atoms with Crippen molar-refractivity contribution in [1.29, 1.82) is 0 Å². The van der Waals surface area contributed by atoms with E-state index in [2.05, 4.69) is 15.0 Å². The van der Waals surface area contributed by atoms with Gasteiger partial charge in [0.2, 0.25) is 0 Å². The van der Waals surface area contributed by atoms with Gasteiger partial charge in [-0.3, -0.25) is 4.98 Å². The summed E-state index contributed by atoms with van der Waals surface area (Å²) in [5, 5.41) is 0. The molecular formula is C10H6F3N3. The molecule has 0 aliphatic heterocycles. The standard InChI is InChI=1S/C10H6F3N3/c11-10(12,13)8-5-15-9(16-6-8)7-2-1-3-14-4-7/h1-6H. The van der Waals surface area contributed by atoms with Crippen LogP contribution in [0.2, 0.25) is 0 Å². The third-order valence-electron chi connectivity index (χ3n) is 1.90. The van der Waals surface area contributed by atoms with Crippen LogP contribution in [0.5, 0.6) is 0 Å². The van der Waals surface area contributed by atoms with Crippen LogP contribution in [0.1, 0.15) is 5.56 Å². The monoisotopic (exact) mass is 225 g/mol. The second-order valence-electron chi connectivity index (χ2n) is 3.03. The number of pyridine rings is 1. The van der Waals surface area contributed by atoms with Crippen LogP contribution in [0.15, 0.2) is 36.9 Å². The third-order valence-corrected chi connectivity index (χ3v) is 1.90. The molecule has 0 unspecified atom stereocenters. The summed E-state index contributed by atoms with van der Waals surface area (Å²) in [5.74, 6) is 0.223. The summed E-state index contributed by atoms with van der Waals surface area (Å²) in [4.78, 5) is 11.1. The van der Waals surface area contributed by atoms with Crippen molar-refractivity contribution >= 4 is 0 Å². The normalized spacial score (nSPS) is 11.4. The van der Waals surface area contributed by atoms with E-state index < -0.39 is 11.7 Å². The van der Waals surface area contributed by atoms with E-state index in [-0.39, 0.29) is 5.82 Å². The fourth-order valence-corrected chi connectivity index (χ4v) is 1.12. The molecule has 2 rings (SSSR count). The fraction of sp³-hybridized carbons (Fsp3) is 0.100. The Morgan fingerprint density at radius 2 is 1.69 bits per heavy atom. The van der Waals surface area contributed by atoms with Gasteiger partial charge in [-0.2, -0.15) is 13.2 Å². The molecule has 6 heteroatoms. The number of aromatic nitrogens is 3. The van der Waals surface area contributed by atoms with E-state index in [0.29, 0.717) is 5.56 Å². The van der Waals surface area contributed by atoms with Gasteiger partial charge in [0.05, 0.1) is 5.56 Å². The first-order valence-corrected chi connectivity index (χ1v) is 4.37. The Labute approximate surface area is 89.0 Å². The van der Waals surface area contributed by atoms with E-state index >= 15 is 0 Å². The van der Waals surface area contributed by atoms with Crippen molar-refractivity contribution in [3.8, 4) is 11.4 Å². The lowest BCUT2D eigenvalue weighted by Crippen LogP contribution is -2.06. The Kier molecular flexibility index (Phi) is 2.55. The molecule has 2 aromatic heterocycles. The van der Waals surface area contributed by atoms with E-state index in [1.165, 1.54) is 6.20 Å². The van der Waals surface area contributed by atoms with Gasteiger partial charge in [-0.15, -0.1) is 0 Å². The average molecular weight is 225 g/mol. The molecule has 0 spiro atoms. The van der Waals surface area contributed by atoms with Crippen molar-refractivity contribution in [2.24, 2.45) is 0 Å². The molecule has 0 radical (unpaired) electrons. The molecular weight excluding hydrogens is 219 g/mol. The second-order valence-corrected chi connectivity index (χ2v) is 3.03. The van der Waals surface area contributed by atoms with Crippen LogP contribution in [0, 0.1) is 0 Å². The molecule has 0 aliphatic rings. The first-order valence-electron chi connectivity index (χ1n) is 4.37. The van der Waals surface area contributed by atoms with Gasteiger partial charge in [0.25, 0.3) is 0 Å². The van der Waals surface area contributed by atoms with E-state index in [1.807, 2.05) is 0 Å². The number of hydrogen-bond donors (Lipinski definition) is 0. The Hall–Kier alpha value is -1.98. The van der Waals surface area contributed by atoms with Crippen LogP contribution in [-0.4, -0.2) is 15.0 Å². The van der Waals surface area contributed by atoms with Crippen LogP contribution < -0.4 is 0 Å². The lowest BCUT2D eigenvalue weighted by atomic mass is 10.2. The first-order chi connectivity index (χ1) is 7.57. The Morgan fingerprint density at radius 3 is 2.19 bits per heavy atom. The minimum Gasteiger partial charge on any atom is -0.264 e. The molecule has 3 nitrogen and oxygen atoms in total. The zero-order valence-electron chi connectivity index (χ0n) is 7.94. The largest absolute Gasteiger partial charge is 0.419 e. The van der Waals surface area contributed by atoms with Crippen molar-refractivity contribution in [2.45, 2.75) is 6.18 Å². The summed E-state index contributed by atoms with van der Waals surface area (Å²) in [5.41, 5.74) is -0.281.